The third-order valence-electron chi connectivity index (χ3n) is 6.81. The van der Waals surface area contributed by atoms with Crippen molar-refractivity contribution in [2.75, 3.05) is 36.5 Å². The number of nitrogens with one attached hydrogen (secondary N) is 1. The minimum atomic E-state index is -0.319. The van der Waals surface area contributed by atoms with Crippen LogP contribution in [0.5, 0.6) is 5.75 Å². The molecule has 0 unspecified atom stereocenters. The van der Waals surface area contributed by atoms with E-state index < -0.39 is 0 Å². The van der Waals surface area contributed by atoms with Crippen molar-refractivity contribution in [1.82, 2.24) is 5.32 Å². The number of rotatable bonds is 5. The summed E-state index contributed by atoms with van der Waals surface area (Å²) in [5.41, 5.74) is 3.87. The molecular weight excluding hydrogens is 436 g/mol. The van der Waals surface area contributed by atoms with Crippen molar-refractivity contribution < 1.29 is 18.3 Å². The average molecular weight is 464 g/mol. The number of methoxy groups -OCH3 is 1. The van der Waals surface area contributed by atoms with Crippen LogP contribution in [0.3, 0.4) is 0 Å². The summed E-state index contributed by atoms with van der Waals surface area (Å²) < 4.78 is 32.5. The van der Waals surface area contributed by atoms with Gasteiger partial charge in [0.15, 0.2) is 0 Å². The Morgan fingerprint density at radius 2 is 1.85 bits per heavy atom. The summed E-state index contributed by atoms with van der Waals surface area (Å²) in [6.45, 7) is 2.41. The van der Waals surface area contributed by atoms with Crippen LogP contribution in [-0.2, 0) is 17.8 Å². The molecule has 5 rings (SSSR count). The summed E-state index contributed by atoms with van der Waals surface area (Å²) in [7, 11) is 1.65. The molecule has 0 spiro atoms. The van der Waals surface area contributed by atoms with Gasteiger partial charge in [-0.15, -0.1) is 0 Å². The SMILES string of the molecule is COc1ccc2c(c1)N1CCN(c3ccc(F)cc3)C[C@H]1[C@H](C(=O)NCc1cccc(F)c1)C2. The number of amides is 1. The highest BCUT2D eigenvalue weighted by Gasteiger charge is 2.41. The highest BCUT2D eigenvalue weighted by atomic mass is 19.1. The van der Waals surface area contributed by atoms with E-state index in [1.54, 1.807) is 31.4 Å². The maximum absolute atomic E-state index is 13.6. The predicted octanol–water partition coefficient (Wildman–Crippen LogP) is 4.16. The summed E-state index contributed by atoms with van der Waals surface area (Å²) in [4.78, 5) is 17.9. The molecule has 34 heavy (non-hydrogen) atoms. The lowest BCUT2D eigenvalue weighted by molar-refractivity contribution is -0.126. The fourth-order valence-electron chi connectivity index (χ4n) is 5.06. The molecule has 7 heteroatoms. The average Bonchev–Trinajstić information content (AvgIpc) is 2.86. The molecule has 1 amide bonds. The van der Waals surface area contributed by atoms with E-state index in [-0.39, 0.29) is 36.0 Å². The molecule has 1 saturated heterocycles. The zero-order chi connectivity index (χ0) is 23.7. The van der Waals surface area contributed by atoms with Crippen LogP contribution in [-0.4, -0.2) is 38.7 Å². The maximum atomic E-state index is 13.6. The standard InChI is InChI=1S/C27H27F2N3O2/c1-34-23-10-5-19-14-24(27(33)30-16-18-3-2-4-21(29)13-18)26-17-31(11-12-32(26)25(19)15-23)22-8-6-20(28)7-9-22/h2-10,13,15,24,26H,11-12,14,16-17H2,1H3,(H,30,33)/t24-,26+/m1/s1. The van der Waals surface area contributed by atoms with Crippen molar-refractivity contribution in [3.05, 3.63) is 89.5 Å². The first-order chi connectivity index (χ1) is 16.5. The van der Waals surface area contributed by atoms with E-state index in [1.165, 1.54) is 24.3 Å². The molecule has 2 aliphatic rings. The van der Waals surface area contributed by atoms with Gasteiger partial charge in [-0.3, -0.25) is 4.79 Å². The molecule has 1 fully saturated rings. The van der Waals surface area contributed by atoms with Gasteiger partial charge < -0.3 is 19.9 Å². The Morgan fingerprint density at radius 1 is 1.03 bits per heavy atom. The predicted molar refractivity (Wildman–Crippen MR) is 128 cm³/mol. The van der Waals surface area contributed by atoms with E-state index in [0.717, 1.165) is 41.3 Å². The van der Waals surface area contributed by atoms with E-state index in [1.807, 2.05) is 18.2 Å². The fraction of sp³-hybridized carbons (Fsp3) is 0.296. The van der Waals surface area contributed by atoms with E-state index in [9.17, 15) is 13.6 Å². The second kappa shape index (κ2) is 9.33. The number of benzene rings is 3. The minimum absolute atomic E-state index is 0.0540. The lowest BCUT2D eigenvalue weighted by Gasteiger charge is -2.49. The Hall–Kier alpha value is -3.61. The number of hydrogen-bond donors (Lipinski definition) is 1. The van der Waals surface area contributed by atoms with E-state index >= 15 is 0 Å². The molecule has 0 radical (unpaired) electrons. The van der Waals surface area contributed by atoms with Crippen molar-refractivity contribution in [3.63, 3.8) is 0 Å². The monoisotopic (exact) mass is 463 g/mol. The van der Waals surface area contributed by atoms with Crippen LogP contribution < -0.4 is 19.9 Å². The lowest BCUT2D eigenvalue weighted by Crippen LogP contribution is -2.61. The summed E-state index contributed by atoms with van der Waals surface area (Å²) in [5.74, 6) is -0.136. The molecule has 0 saturated carbocycles. The normalized spacial score (nSPS) is 19.3. The minimum Gasteiger partial charge on any atom is -0.497 e. The number of halogens is 2. The molecule has 0 aliphatic carbocycles. The highest BCUT2D eigenvalue weighted by Crippen LogP contribution is 2.39. The molecule has 2 atom stereocenters. The van der Waals surface area contributed by atoms with Crippen molar-refractivity contribution in [2.24, 2.45) is 5.92 Å². The van der Waals surface area contributed by atoms with Crippen LogP contribution in [0.4, 0.5) is 20.2 Å². The van der Waals surface area contributed by atoms with Crippen LogP contribution >= 0.6 is 0 Å². The third kappa shape index (κ3) is 4.42. The molecule has 176 valence electrons. The first kappa shape index (κ1) is 22.2. The first-order valence-corrected chi connectivity index (χ1v) is 11.5. The molecule has 2 aliphatic heterocycles. The Labute approximate surface area is 197 Å². The number of piperazine rings is 1. The fourth-order valence-corrected chi connectivity index (χ4v) is 5.06. The molecule has 0 bridgehead atoms. The van der Waals surface area contributed by atoms with Gasteiger partial charge in [0, 0.05) is 43.6 Å². The van der Waals surface area contributed by atoms with Gasteiger partial charge in [-0.25, -0.2) is 8.78 Å². The van der Waals surface area contributed by atoms with Crippen molar-refractivity contribution in [3.8, 4) is 5.75 Å². The second-order valence-electron chi connectivity index (χ2n) is 8.84. The third-order valence-corrected chi connectivity index (χ3v) is 6.81. The van der Waals surface area contributed by atoms with Gasteiger partial charge in [0.05, 0.1) is 19.1 Å². The van der Waals surface area contributed by atoms with Gasteiger partial charge in [0.25, 0.3) is 0 Å². The molecule has 5 nitrogen and oxygen atoms in total. The van der Waals surface area contributed by atoms with Crippen LogP contribution in [0.2, 0.25) is 0 Å². The summed E-state index contributed by atoms with van der Waals surface area (Å²) in [5, 5.41) is 3.02. The van der Waals surface area contributed by atoms with Gasteiger partial charge in [0.2, 0.25) is 5.91 Å². The number of fused-ring (bicyclic) bond motifs is 3. The number of carbonyl (C=O) groups excluding carboxylic acids is 1. The Balaban J connectivity index is 1.41. The van der Waals surface area contributed by atoms with Crippen molar-refractivity contribution >= 4 is 17.3 Å². The number of hydrogen-bond acceptors (Lipinski definition) is 4. The van der Waals surface area contributed by atoms with Gasteiger partial charge in [-0.1, -0.05) is 18.2 Å². The number of carbonyl (C=O) groups is 1. The molecule has 3 aromatic rings. The molecule has 1 N–H and O–H groups in total. The van der Waals surface area contributed by atoms with Crippen LogP contribution in [0.1, 0.15) is 11.1 Å². The molecular formula is C27H27F2N3O2. The summed E-state index contributed by atoms with van der Waals surface area (Å²) >= 11 is 0. The Morgan fingerprint density at radius 3 is 2.62 bits per heavy atom. The van der Waals surface area contributed by atoms with Gasteiger partial charge in [0.1, 0.15) is 17.4 Å². The smallest absolute Gasteiger partial charge is 0.225 e. The molecule has 0 aromatic heterocycles. The Bertz CT molecular complexity index is 1180. The zero-order valence-electron chi connectivity index (χ0n) is 19.0. The first-order valence-electron chi connectivity index (χ1n) is 11.5. The summed E-state index contributed by atoms with van der Waals surface area (Å²) in [6, 6.07) is 18.7. The van der Waals surface area contributed by atoms with Gasteiger partial charge >= 0.3 is 0 Å². The Kier molecular flexibility index (Phi) is 6.09. The zero-order valence-corrected chi connectivity index (χ0v) is 19.0. The second-order valence-corrected chi connectivity index (χ2v) is 8.84. The van der Waals surface area contributed by atoms with Crippen molar-refractivity contribution in [1.29, 1.82) is 0 Å². The van der Waals surface area contributed by atoms with Crippen LogP contribution in [0, 0.1) is 17.6 Å². The van der Waals surface area contributed by atoms with E-state index in [4.69, 9.17) is 4.74 Å². The van der Waals surface area contributed by atoms with Crippen LogP contribution in [0.25, 0.3) is 0 Å². The van der Waals surface area contributed by atoms with Crippen LogP contribution in [0.15, 0.2) is 66.7 Å². The van der Waals surface area contributed by atoms with Gasteiger partial charge in [-0.2, -0.15) is 0 Å². The van der Waals surface area contributed by atoms with E-state index in [0.29, 0.717) is 13.0 Å². The number of anilines is 2. The summed E-state index contributed by atoms with van der Waals surface area (Å²) in [6.07, 6.45) is 0.604. The van der Waals surface area contributed by atoms with Gasteiger partial charge in [-0.05, 0) is 60.0 Å². The highest BCUT2D eigenvalue weighted by molar-refractivity contribution is 5.82. The molecule has 2 heterocycles. The lowest BCUT2D eigenvalue weighted by atomic mass is 9.83. The maximum Gasteiger partial charge on any atom is 0.225 e. The van der Waals surface area contributed by atoms with E-state index in [2.05, 4.69) is 15.1 Å². The molecule has 3 aromatic carbocycles. The van der Waals surface area contributed by atoms with Crippen molar-refractivity contribution in [2.45, 2.75) is 19.0 Å². The number of nitrogens with zero attached hydrogens (tertiary/aromatic N) is 2. The number of ether oxygens (including phenoxy) is 1. The topological polar surface area (TPSA) is 44.8 Å². The largest absolute Gasteiger partial charge is 0.497 e. The quantitative estimate of drug-likeness (QED) is 0.617.